The topological polar surface area (TPSA) is 61.5 Å². The predicted octanol–water partition coefficient (Wildman–Crippen LogP) is 2.19. The van der Waals surface area contributed by atoms with Crippen molar-refractivity contribution in [1.82, 2.24) is 0 Å². The van der Waals surface area contributed by atoms with E-state index in [4.69, 9.17) is 15.2 Å². The Labute approximate surface area is 105 Å². The molecule has 5 heteroatoms. The Hall–Kier alpha value is -1.36. The molecule has 0 atom stereocenters. The average molecular weight is 255 g/mol. The van der Waals surface area contributed by atoms with Gasteiger partial charge in [0.1, 0.15) is 17.9 Å². The quantitative estimate of drug-likeness (QED) is 0.479. The lowest BCUT2D eigenvalue weighted by atomic mass is 10.2. The van der Waals surface area contributed by atoms with Crippen LogP contribution in [0.25, 0.3) is 0 Å². The zero-order valence-electron chi connectivity index (χ0n) is 10.1. The van der Waals surface area contributed by atoms with Crippen molar-refractivity contribution in [1.29, 1.82) is 0 Å². The minimum Gasteiger partial charge on any atom is -0.496 e. The number of carbonyl (C=O) groups is 1. The van der Waals surface area contributed by atoms with Crippen LogP contribution in [0.1, 0.15) is 17.3 Å². The molecule has 4 nitrogen and oxygen atoms in total. The highest BCUT2D eigenvalue weighted by Gasteiger charge is 2.13. The number of thioether (sulfide) groups is 1. The molecule has 0 aliphatic carbocycles. The highest BCUT2D eigenvalue weighted by molar-refractivity contribution is 7.99. The van der Waals surface area contributed by atoms with E-state index in [0.29, 0.717) is 23.6 Å². The molecule has 0 unspecified atom stereocenters. The summed E-state index contributed by atoms with van der Waals surface area (Å²) in [5.41, 5.74) is 6.57. The lowest BCUT2D eigenvalue weighted by molar-refractivity contribution is 0.0527. The molecule has 0 saturated heterocycles. The van der Waals surface area contributed by atoms with Gasteiger partial charge in [0.05, 0.1) is 7.11 Å². The highest BCUT2D eigenvalue weighted by Crippen LogP contribution is 2.22. The number of anilines is 1. The molecular weight excluding hydrogens is 238 g/mol. The molecule has 0 radical (unpaired) electrons. The van der Waals surface area contributed by atoms with Gasteiger partial charge in [0, 0.05) is 17.5 Å². The number of rotatable bonds is 6. The van der Waals surface area contributed by atoms with Gasteiger partial charge in [-0.3, -0.25) is 0 Å². The summed E-state index contributed by atoms with van der Waals surface area (Å²) < 4.78 is 10.2. The number of nitrogen functional groups attached to an aromatic ring is 1. The molecule has 0 heterocycles. The van der Waals surface area contributed by atoms with Crippen molar-refractivity contribution in [3.05, 3.63) is 23.8 Å². The fraction of sp³-hybridized carbons (Fsp3) is 0.417. The van der Waals surface area contributed by atoms with Crippen LogP contribution < -0.4 is 10.5 Å². The predicted molar refractivity (Wildman–Crippen MR) is 70.7 cm³/mol. The third kappa shape index (κ3) is 4.19. The second-order valence-electron chi connectivity index (χ2n) is 3.29. The zero-order chi connectivity index (χ0) is 12.7. The second-order valence-corrected chi connectivity index (χ2v) is 4.69. The lowest BCUT2D eigenvalue weighted by Crippen LogP contribution is -2.09. The van der Waals surface area contributed by atoms with Gasteiger partial charge in [-0.15, -0.1) is 0 Å². The van der Waals surface area contributed by atoms with Crippen molar-refractivity contribution in [2.75, 3.05) is 31.0 Å². The number of hydrogen-bond donors (Lipinski definition) is 1. The van der Waals surface area contributed by atoms with Gasteiger partial charge in [-0.2, -0.15) is 11.8 Å². The normalized spacial score (nSPS) is 10.0. The smallest absolute Gasteiger partial charge is 0.341 e. The first-order valence-corrected chi connectivity index (χ1v) is 6.53. The van der Waals surface area contributed by atoms with Crippen molar-refractivity contribution in [3.8, 4) is 5.75 Å². The number of methoxy groups -OCH3 is 1. The number of ether oxygens (including phenoxy) is 2. The maximum absolute atomic E-state index is 11.7. The summed E-state index contributed by atoms with van der Waals surface area (Å²) in [6.45, 7) is 2.47. The molecule has 17 heavy (non-hydrogen) atoms. The van der Waals surface area contributed by atoms with Crippen LogP contribution in [0.5, 0.6) is 5.75 Å². The maximum Gasteiger partial charge on any atom is 0.341 e. The number of benzene rings is 1. The standard InChI is InChI=1S/C12H17NO3S/c1-3-17-7-6-16-12(14)10-5-4-9(13)8-11(10)15-2/h4-5,8H,3,6-7,13H2,1-2H3. The Morgan fingerprint density at radius 2 is 2.24 bits per heavy atom. The zero-order valence-corrected chi connectivity index (χ0v) is 10.9. The fourth-order valence-electron chi connectivity index (χ4n) is 1.29. The molecule has 0 spiro atoms. The van der Waals surface area contributed by atoms with E-state index in [1.165, 1.54) is 7.11 Å². The fourth-order valence-corrected chi connectivity index (χ4v) is 1.78. The number of esters is 1. The Bertz CT molecular complexity index is 382. The molecular formula is C12H17NO3S. The molecule has 0 aliphatic rings. The lowest BCUT2D eigenvalue weighted by Gasteiger charge is -2.09. The van der Waals surface area contributed by atoms with Gasteiger partial charge >= 0.3 is 5.97 Å². The molecule has 0 saturated carbocycles. The second kappa shape index (κ2) is 7.06. The van der Waals surface area contributed by atoms with Crippen LogP contribution in [0, 0.1) is 0 Å². The summed E-state index contributed by atoms with van der Waals surface area (Å²) in [4.78, 5) is 11.7. The van der Waals surface area contributed by atoms with Crippen molar-refractivity contribution in [2.45, 2.75) is 6.92 Å². The third-order valence-electron chi connectivity index (χ3n) is 2.11. The molecule has 2 N–H and O–H groups in total. The van der Waals surface area contributed by atoms with Gasteiger partial charge < -0.3 is 15.2 Å². The monoisotopic (exact) mass is 255 g/mol. The van der Waals surface area contributed by atoms with E-state index in [2.05, 4.69) is 6.92 Å². The van der Waals surface area contributed by atoms with Gasteiger partial charge in [0.15, 0.2) is 0 Å². The van der Waals surface area contributed by atoms with Crippen LogP contribution in [0.2, 0.25) is 0 Å². The van der Waals surface area contributed by atoms with Crippen molar-refractivity contribution in [2.24, 2.45) is 0 Å². The minimum absolute atomic E-state index is 0.376. The van der Waals surface area contributed by atoms with E-state index in [9.17, 15) is 4.79 Å². The average Bonchev–Trinajstić information content (AvgIpc) is 2.34. The molecule has 1 rings (SSSR count). The summed E-state index contributed by atoms with van der Waals surface area (Å²) in [5.74, 6) is 1.89. The van der Waals surface area contributed by atoms with Crippen molar-refractivity contribution in [3.63, 3.8) is 0 Å². The molecule has 0 bridgehead atoms. The third-order valence-corrected chi connectivity index (χ3v) is 2.97. The van der Waals surface area contributed by atoms with Crippen LogP contribution in [-0.2, 0) is 4.74 Å². The van der Waals surface area contributed by atoms with E-state index in [-0.39, 0.29) is 5.97 Å². The van der Waals surface area contributed by atoms with Crippen molar-refractivity contribution >= 4 is 23.4 Å². The molecule has 1 aromatic rings. The largest absolute Gasteiger partial charge is 0.496 e. The SMILES string of the molecule is CCSCCOC(=O)c1ccc(N)cc1OC. The summed E-state index contributed by atoms with van der Waals surface area (Å²) in [6.07, 6.45) is 0. The van der Waals surface area contributed by atoms with Gasteiger partial charge in [-0.25, -0.2) is 4.79 Å². The summed E-state index contributed by atoms with van der Waals surface area (Å²) >= 11 is 1.73. The highest BCUT2D eigenvalue weighted by atomic mass is 32.2. The van der Waals surface area contributed by atoms with E-state index < -0.39 is 0 Å². The van der Waals surface area contributed by atoms with Gasteiger partial charge in [0.2, 0.25) is 0 Å². The Morgan fingerprint density at radius 3 is 2.88 bits per heavy atom. The Kier molecular flexibility index (Phi) is 5.69. The molecule has 0 aliphatic heterocycles. The molecule has 94 valence electrons. The molecule has 0 fully saturated rings. The minimum atomic E-state index is -0.376. The van der Waals surface area contributed by atoms with E-state index in [1.54, 1.807) is 30.0 Å². The molecule has 1 aromatic carbocycles. The molecule has 0 aromatic heterocycles. The van der Waals surface area contributed by atoms with E-state index in [0.717, 1.165) is 11.5 Å². The summed E-state index contributed by atoms with van der Waals surface area (Å²) in [5, 5.41) is 0. The van der Waals surface area contributed by atoms with Gasteiger partial charge in [0.25, 0.3) is 0 Å². The summed E-state index contributed by atoms with van der Waals surface area (Å²) in [7, 11) is 1.50. The number of nitrogens with two attached hydrogens (primary N) is 1. The van der Waals surface area contributed by atoms with E-state index >= 15 is 0 Å². The van der Waals surface area contributed by atoms with Crippen LogP contribution in [0.3, 0.4) is 0 Å². The van der Waals surface area contributed by atoms with Crippen LogP contribution in [-0.4, -0.2) is 31.2 Å². The number of hydrogen-bond acceptors (Lipinski definition) is 5. The summed E-state index contributed by atoms with van der Waals surface area (Å²) in [6, 6.07) is 4.88. The van der Waals surface area contributed by atoms with Crippen molar-refractivity contribution < 1.29 is 14.3 Å². The Morgan fingerprint density at radius 1 is 1.47 bits per heavy atom. The van der Waals surface area contributed by atoms with Crippen LogP contribution >= 0.6 is 11.8 Å². The number of carbonyl (C=O) groups excluding carboxylic acids is 1. The first-order valence-electron chi connectivity index (χ1n) is 5.37. The first kappa shape index (κ1) is 13.7. The maximum atomic E-state index is 11.7. The van der Waals surface area contributed by atoms with Crippen LogP contribution in [0.4, 0.5) is 5.69 Å². The van der Waals surface area contributed by atoms with E-state index in [1.807, 2.05) is 0 Å². The Balaban J connectivity index is 2.62. The van der Waals surface area contributed by atoms with Gasteiger partial charge in [-0.05, 0) is 17.9 Å². The first-order chi connectivity index (χ1) is 8.19. The molecule has 0 amide bonds. The van der Waals surface area contributed by atoms with Gasteiger partial charge in [-0.1, -0.05) is 6.92 Å². The van der Waals surface area contributed by atoms with Crippen LogP contribution in [0.15, 0.2) is 18.2 Å².